The summed E-state index contributed by atoms with van der Waals surface area (Å²) in [5.41, 5.74) is 7.73. The van der Waals surface area contributed by atoms with Crippen LogP contribution in [-0.2, 0) is 0 Å². The molecule has 1 N–H and O–H groups in total. The zero-order valence-corrected chi connectivity index (χ0v) is 14.8. The molecule has 0 amide bonds. The maximum Gasteiger partial charge on any atom is 0.122 e. The number of hydrazine groups is 1. The van der Waals surface area contributed by atoms with E-state index in [-0.39, 0.29) is 6.04 Å². The largest absolute Gasteiger partial charge is 0.259 e. The van der Waals surface area contributed by atoms with Gasteiger partial charge in [-0.25, -0.2) is 5.53 Å². The molecule has 3 heteroatoms. The number of benzene rings is 4. The van der Waals surface area contributed by atoms with E-state index < -0.39 is 0 Å². The van der Waals surface area contributed by atoms with E-state index in [1.54, 1.807) is 0 Å². The Bertz CT molecular complexity index is 1100. The molecule has 0 spiro atoms. The molecule has 1 unspecified atom stereocenters. The summed E-state index contributed by atoms with van der Waals surface area (Å²) in [4.78, 5) is 0. The Morgan fingerprint density at radius 2 is 1.33 bits per heavy atom. The van der Waals surface area contributed by atoms with Crippen molar-refractivity contribution in [2.45, 2.75) is 6.04 Å². The summed E-state index contributed by atoms with van der Waals surface area (Å²) in [5.74, 6) is 0. The van der Waals surface area contributed by atoms with Crippen molar-refractivity contribution < 1.29 is 0 Å². The summed E-state index contributed by atoms with van der Waals surface area (Å²) in [6, 6.07) is 35.7. The topological polar surface area (TPSA) is 27.6 Å². The van der Waals surface area contributed by atoms with E-state index in [2.05, 4.69) is 102 Å². The molecule has 0 saturated carbocycles. The molecule has 130 valence electrons. The third kappa shape index (κ3) is 2.74. The first kappa shape index (κ1) is 15.6. The van der Waals surface area contributed by atoms with Crippen LogP contribution in [0.4, 0.5) is 5.69 Å². The molecule has 0 fully saturated rings. The minimum Gasteiger partial charge on any atom is -0.259 e. The normalized spacial score (nSPS) is 16.2. The summed E-state index contributed by atoms with van der Waals surface area (Å²) in [7, 11) is 0. The van der Waals surface area contributed by atoms with Crippen LogP contribution in [0.3, 0.4) is 0 Å². The molecule has 0 radical (unpaired) electrons. The molecule has 1 aliphatic heterocycles. The van der Waals surface area contributed by atoms with Crippen LogP contribution in [0.2, 0.25) is 0 Å². The molecular formula is C24H19N3. The number of para-hydroxylation sites is 1. The number of fused-ring (bicyclic) bond motifs is 1. The predicted octanol–water partition coefficient (Wildman–Crippen LogP) is 5.31. The first-order valence-corrected chi connectivity index (χ1v) is 9.12. The number of hydrazone groups is 1. The molecule has 1 atom stereocenters. The maximum absolute atomic E-state index is 4.72. The van der Waals surface area contributed by atoms with Gasteiger partial charge in [0, 0.05) is 5.56 Å². The Morgan fingerprint density at radius 1 is 0.667 bits per heavy atom. The molecule has 3 nitrogen and oxygen atoms in total. The van der Waals surface area contributed by atoms with Crippen LogP contribution in [0, 0.1) is 0 Å². The lowest BCUT2D eigenvalue weighted by atomic mass is 9.92. The molecule has 27 heavy (non-hydrogen) atoms. The van der Waals surface area contributed by atoms with E-state index in [9.17, 15) is 0 Å². The molecule has 0 aromatic heterocycles. The second-order valence-electron chi connectivity index (χ2n) is 6.64. The third-order valence-electron chi connectivity index (χ3n) is 5.02. The van der Waals surface area contributed by atoms with Gasteiger partial charge in [-0.1, -0.05) is 91.0 Å². The van der Waals surface area contributed by atoms with Crippen molar-refractivity contribution >= 4 is 22.2 Å². The van der Waals surface area contributed by atoms with Crippen molar-refractivity contribution in [2.24, 2.45) is 5.10 Å². The number of hydrogen-bond donors (Lipinski definition) is 1. The van der Waals surface area contributed by atoms with Gasteiger partial charge in [-0.2, -0.15) is 5.10 Å². The van der Waals surface area contributed by atoms with Crippen molar-refractivity contribution in [3.63, 3.8) is 0 Å². The average molecular weight is 349 g/mol. The number of nitrogens with zero attached hydrogens (tertiary/aromatic N) is 2. The van der Waals surface area contributed by atoms with E-state index in [1.165, 1.54) is 16.3 Å². The van der Waals surface area contributed by atoms with Crippen molar-refractivity contribution in [2.75, 3.05) is 5.01 Å². The predicted molar refractivity (Wildman–Crippen MR) is 112 cm³/mol. The third-order valence-corrected chi connectivity index (χ3v) is 5.02. The van der Waals surface area contributed by atoms with E-state index in [0.717, 1.165) is 17.0 Å². The smallest absolute Gasteiger partial charge is 0.122 e. The van der Waals surface area contributed by atoms with Crippen molar-refractivity contribution in [1.29, 1.82) is 0 Å². The maximum atomic E-state index is 4.72. The van der Waals surface area contributed by atoms with Crippen LogP contribution in [0.25, 0.3) is 10.8 Å². The summed E-state index contributed by atoms with van der Waals surface area (Å²) in [5, 5.41) is 9.35. The summed E-state index contributed by atoms with van der Waals surface area (Å²) >= 11 is 0. The van der Waals surface area contributed by atoms with Gasteiger partial charge in [0.1, 0.15) is 6.04 Å². The lowest BCUT2D eigenvalue weighted by Crippen LogP contribution is -2.34. The molecule has 0 aliphatic carbocycles. The van der Waals surface area contributed by atoms with Gasteiger partial charge >= 0.3 is 0 Å². The van der Waals surface area contributed by atoms with Gasteiger partial charge in [0.2, 0.25) is 0 Å². The number of anilines is 1. The Kier molecular flexibility index (Phi) is 3.83. The standard InChI is InChI=1S/C24H19N3/c1-3-11-19(12-4-1)23-24(27(26-25-23)20-14-5-2-6-15-20)22-17-9-13-18-10-7-8-16-21(18)22/h1-17,24,26H. The number of rotatable bonds is 3. The van der Waals surface area contributed by atoms with Gasteiger partial charge in [-0.3, -0.25) is 5.01 Å². The molecule has 0 saturated heterocycles. The molecule has 4 aromatic rings. The van der Waals surface area contributed by atoms with E-state index in [1.807, 2.05) is 12.1 Å². The van der Waals surface area contributed by atoms with Crippen LogP contribution in [0.5, 0.6) is 0 Å². The Morgan fingerprint density at radius 3 is 2.15 bits per heavy atom. The molecule has 1 aliphatic rings. The van der Waals surface area contributed by atoms with Gasteiger partial charge in [-0.15, -0.1) is 0 Å². The van der Waals surface area contributed by atoms with Gasteiger partial charge in [-0.05, 0) is 28.5 Å². The molecular weight excluding hydrogens is 330 g/mol. The first-order valence-electron chi connectivity index (χ1n) is 9.12. The summed E-state index contributed by atoms with van der Waals surface area (Å²) in [6.07, 6.45) is 0. The summed E-state index contributed by atoms with van der Waals surface area (Å²) in [6.45, 7) is 0. The molecule has 5 rings (SSSR count). The average Bonchev–Trinajstić information content (AvgIpc) is 3.19. The fourth-order valence-electron chi connectivity index (χ4n) is 3.75. The highest BCUT2D eigenvalue weighted by Gasteiger charge is 2.33. The number of hydrogen-bond acceptors (Lipinski definition) is 3. The van der Waals surface area contributed by atoms with Crippen LogP contribution in [-0.4, -0.2) is 5.71 Å². The van der Waals surface area contributed by atoms with Crippen LogP contribution in [0.15, 0.2) is 108 Å². The van der Waals surface area contributed by atoms with Gasteiger partial charge < -0.3 is 0 Å². The molecule has 4 aromatic carbocycles. The molecule has 1 heterocycles. The number of nitrogens with one attached hydrogen (secondary N) is 1. The second-order valence-corrected chi connectivity index (χ2v) is 6.64. The minimum atomic E-state index is -0.0131. The highest BCUT2D eigenvalue weighted by Crippen LogP contribution is 2.35. The SMILES string of the molecule is c1ccc(C2=NNN(c3ccccc3)C2c2cccc3ccccc23)cc1. The minimum absolute atomic E-state index is 0.0131. The lowest BCUT2D eigenvalue weighted by molar-refractivity contribution is 0.681. The second kappa shape index (κ2) is 6.61. The van der Waals surface area contributed by atoms with Crippen molar-refractivity contribution in [3.05, 3.63) is 114 Å². The monoisotopic (exact) mass is 349 g/mol. The zero-order valence-electron chi connectivity index (χ0n) is 14.8. The van der Waals surface area contributed by atoms with Crippen LogP contribution < -0.4 is 10.5 Å². The Balaban J connectivity index is 1.70. The van der Waals surface area contributed by atoms with Crippen molar-refractivity contribution in [3.8, 4) is 0 Å². The van der Waals surface area contributed by atoms with E-state index >= 15 is 0 Å². The lowest BCUT2D eigenvalue weighted by Gasteiger charge is -2.28. The van der Waals surface area contributed by atoms with Gasteiger partial charge in [0.25, 0.3) is 0 Å². The van der Waals surface area contributed by atoms with Gasteiger partial charge in [0.05, 0.1) is 11.4 Å². The van der Waals surface area contributed by atoms with Crippen molar-refractivity contribution in [1.82, 2.24) is 5.53 Å². The van der Waals surface area contributed by atoms with Crippen LogP contribution in [0.1, 0.15) is 17.2 Å². The van der Waals surface area contributed by atoms with Crippen LogP contribution >= 0.6 is 0 Å². The fourth-order valence-corrected chi connectivity index (χ4v) is 3.75. The summed E-state index contributed by atoms with van der Waals surface area (Å²) < 4.78 is 0. The molecule has 0 bridgehead atoms. The Labute approximate surface area is 158 Å². The fraction of sp³-hybridized carbons (Fsp3) is 0.0417. The highest BCUT2D eigenvalue weighted by atomic mass is 15.7. The first-order chi connectivity index (χ1) is 13.4. The van der Waals surface area contributed by atoms with Gasteiger partial charge in [0.15, 0.2) is 0 Å². The quantitative estimate of drug-likeness (QED) is 0.543. The zero-order chi connectivity index (χ0) is 18.1. The van der Waals surface area contributed by atoms with E-state index in [0.29, 0.717) is 0 Å². The highest BCUT2D eigenvalue weighted by molar-refractivity contribution is 6.09. The van der Waals surface area contributed by atoms with E-state index in [4.69, 9.17) is 5.10 Å². The Hall–Kier alpha value is -3.59.